The first-order valence-corrected chi connectivity index (χ1v) is 10.5. The molecule has 140 valence electrons. The normalized spacial score (nSPS) is 16.5. The summed E-state index contributed by atoms with van der Waals surface area (Å²) in [5.74, 6) is 0.227. The Labute approximate surface area is 154 Å². The van der Waals surface area contributed by atoms with Crippen LogP contribution in [0.4, 0.5) is 5.69 Å². The maximum Gasteiger partial charge on any atom is 0.246 e. The van der Waals surface area contributed by atoms with Crippen LogP contribution < -0.4 is 9.04 Å². The van der Waals surface area contributed by atoms with Gasteiger partial charge in [-0.05, 0) is 38.0 Å². The maximum atomic E-state index is 12.9. The topological polar surface area (TPSA) is 66.9 Å². The standard InChI is InChI=1S/C17H25ClN2O4S/c1-12(17(21)19(2)13-7-5-6-8-13)20(25(4,22)23)14-9-10-16(24-3)15(18)11-14/h9-13H,5-8H2,1-4H3. The van der Waals surface area contributed by atoms with Crippen LogP contribution in [-0.2, 0) is 14.8 Å². The van der Waals surface area contributed by atoms with Gasteiger partial charge in [0.1, 0.15) is 11.8 Å². The van der Waals surface area contributed by atoms with E-state index in [1.807, 2.05) is 0 Å². The molecule has 2 rings (SSSR count). The molecule has 1 unspecified atom stereocenters. The molecule has 6 nitrogen and oxygen atoms in total. The quantitative estimate of drug-likeness (QED) is 0.751. The molecule has 0 saturated heterocycles. The fourth-order valence-electron chi connectivity index (χ4n) is 3.36. The van der Waals surface area contributed by atoms with Crippen molar-refractivity contribution in [1.29, 1.82) is 0 Å². The third-order valence-corrected chi connectivity index (χ3v) is 6.21. The number of carbonyl (C=O) groups excluding carboxylic acids is 1. The molecule has 25 heavy (non-hydrogen) atoms. The maximum absolute atomic E-state index is 12.9. The summed E-state index contributed by atoms with van der Waals surface area (Å²) in [7, 11) is -0.439. The third kappa shape index (κ3) is 4.39. The number of sulfonamides is 1. The zero-order chi connectivity index (χ0) is 18.8. The molecule has 8 heteroatoms. The zero-order valence-corrected chi connectivity index (χ0v) is 16.6. The number of halogens is 1. The predicted molar refractivity (Wildman–Crippen MR) is 99.8 cm³/mol. The number of hydrogen-bond donors (Lipinski definition) is 0. The first-order valence-electron chi connectivity index (χ1n) is 8.26. The Bertz CT molecular complexity index is 732. The van der Waals surface area contributed by atoms with E-state index in [1.165, 1.54) is 13.2 Å². The molecule has 0 aliphatic heterocycles. The molecule has 1 aliphatic carbocycles. The second-order valence-electron chi connectivity index (χ2n) is 6.44. The van der Waals surface area contributed by atoms with Gasteiger partial charge in [-0.3, -0.25) is 9.10 Å². The molecule has 0 radical (unpaired) electrons. The van der Waals surface area contributed by atoms with Gasteiger partial charge in [0.05, 0.1) is 24.1 Å². The molecule has 1 amide bonds. The molecule has 1 atom stereocenters. The minimum Gasteiger partial charge on any atom is -0.495 e. The summed E-state index contributed by atoms with van der Waals surface area (Å²) < 4.78 is 31.0. The number of hydrogen-bond acceptors (Lipinski definition) is 4. The SMILES string of the molecule is COc1ccc(N(C(C)C(=O)N(C)C2CCCC2)S(C)(=O)=O)cc1Cl. The third-order valence-electron chi connectivity index (χ3n) is 4.68. The van der Waals surface area contributed by atoms with Crippen LogP contribution in [0.1, 0.15) is 32.6 Å². The Morgan fingerprint density at radius 3 is 2.40 bits per heavy atom. The van der Waals surface area contributed by atoms with Gasteiger partial charge in [-0.2, -0.15) is 0 Å². The number of methoxy groups -OCH3 is 1. The Morgan fingerprint density at radius 2 is 1.92 bits per heavy atom. The fraction of sp³-hybridized carbons (Fsp3) is 0.588. The smallest absolute Gasteiger partial charge is 0.246 e. The lowest BCUT2D eigenvalue weighted by Gasteiger charge is -2.33. The van der Waals surface area contributed by atoms with Crippen molar-refractivity contribution in [2.75, 3.05) is 24.7 Å². The number of amides is 1. The molecule has 0 aromatic heterocycles. The van der Waals surface area contributed by atoms with E-state index in [9.17, 15) is 13.2 Å². The minimum atomic E-state index is -3.67. The molecule has 0 heterocycles. The van der Waals surface area contributed by atoms with Gasteiger partial charge in [0.25, 0.3) is 0 Å². The molecule has 1 saturated carbocycles. The largest absolute Gasteiger partial charge is 0.495 e. The van der Waals surface area contributed by atoms with Crippen LogP contribution in [0, 0.1) is 0 Å². The van der Waals surface area contributed by atoms with E-state index in [-0.39, 0.29) is 17.0 Å². The number of likely N-dealkylation sites (N-methyl/N-ethyl adjacent to an activating group) is 1. The van der Waals surface area contributed by atoms with Gasteiger partial charge in [-0.1, -0.05) is 24.4 Å². The molecule has 0 N–H and O–H groups in total. The van der Waals surface area contributed by atoms with Crippen molar-refractivity contribution in [3.8, 4) is 5.75 Å². The number of rotatable bonds is 6. The van der Waals surface area contributed by atoms with E-state index in [1.54, 1.807) is 31.0 Å². The van der Waals surface area contributed by atoms with Crippen LogP contribution in [0.2, 0.25) is 5.02 Å². The van der Waals surface area contributed by atoms with Crippen LogP contribution in [0.3, 0.4) is 0 Å². The van der Waals surface area contributed by atoms with Gasteiger partial charge < -0.3 is 9.64 Å². The molecule has 1 aromatic carbocycles. The molecule has 0 bridgehead atoms. The van der Waals surface area contributed by atoms with Gasteiger partial charge in [-0.15, -0.1) is 0 Å². The average Bonchev–Trinajstić information content (AvgIpc) is 3.06. The predicted octanol–water partition coefficient (Wildman–Crippen LogP) is 2.90. The summed E-state index contributed by atoms with van der Waals surface area (Å²) in [6.07, 6.45) is 5.20. The molecular weight excluding hydrogens is 364 g/mol. The van der Waals surface area contributed by atoms with Gasteiger partial charge >= 0.3 is 0 Å². The fourth-order valence-corrected chi connectivity index (χ4v) is 4.77. The lowest BCUT2D eigenvalue weighted by Crippen LogP contribution is -2.50. The second kappa shape index (κ2) is 7.83. The molecule has 1 fully saturated rings. The van der Waals surface area contributed by atoms with Crippen LogP contribution >= 0.6 is 11.6 Å². The van der Waals surface area contributed by atoms with Crippen molar-refractivity contribution >= 4 is 33.2 Å². The Morgan fingerprint density at radius 1 is 1.32 bits per heavy atom. The van der Waals surface area contributed by atoms with Crippen molar-refractivity contribution in [1.82, 2.24) is 4.90 Å². The van der Waals surface area contributed by atoms with Gasteiger partial charge in [0, 0.05) is 13.1 Å². The lowest BCUT2D eigenvalue weighted by atomic mass is 10.2. The van der Waals surface area contributed by atoms with Crippen LogP contribution in [0.25, 0.3) is 0 Å². The number of ether oxygens (including phenoxy) is 1. The highest BCUT2D eigenvalue weighted by Crippen LogP contribution is 2.32. The van der Waals surface area contributed by atoms with Crippen LogP contribution in [0.15, 0.2) is 18.2 Å². The molecular formula is C17H25ClN2O4S. The highest BCUT2D eigenvalue weighted by Gasteiger charge is 2.34. The van der Waals surface area contributed by atoms with Crippen molar-refractivity contribution in [2.45, 2.75) is 44.7 Å². The second-order valence-corrected chi connectivity index (χ2v) is 8.71. The van der Waals surface area contributed by atoms with E-state index >= 15 is 0 Å². The summed E-state index contributed by atoms with van der Waals surface area (Å²) in [5.41, 5.74) is 0.342. The van der Waals surface area contributed by atoms with Crippen molar-refractivity contribution in [3.63, 3.8) is 0 Å². The summed E-state index contributed by atoms with van der Waals surface area (Å²) in [4.78, 5) is 14.5. The average molecular weight is 389 g/mol. The van der Waals surface area contributed by atoms with Gasteiger partial charge in [0.15, 0.2) is 0 Å². The van der Waals surface area contributed by atoms with Crippen LogP contribution in [-0.4, -0.2) is 51.7 Å². The van der Waals surface area contributed by atoms with Crippen LogP contribution in [0.5, 0.6) is 5.75 Å². The number of carbonyl (C=O) groups is 1. The van der Waals surface area contributed by atoms with E-state index < -0.39 is 16.1 Å². The summed E-state index contributed by atoms with van der Waals surface area (Å²) in [6.45, 7) is 1.60. The van der Waals surface area contributed by atoms with E-state index in [0.29, 0.717) is 11.4 Å². The molecule has 0 spiro atoms. The van der Waals surface area contributed by atoms with Crippen molar-refractivity contribution in [3.05, 3.63) is 23.2 Å². The van der Waals surface area contributed by atoms with Crippen molar-refractivity contribution < 1.29 is 17.9 Å². The number of nitrogens with zero attached hydrogens (tertiary/aromatic N) is 2. The van der Waals surface area contributed by atoms with E-state index in [2.05, 4.69) is 0 Å². The Hall–Kier alpha value is -1.47. The summed E-state index contributed by atoms with van der Waals surface area (Å²) in [6, 6.07) is 4.00. The summed E-state index contributed by atoms with van der Waals surface area (Å²) in [5, 5.41) is 0.289. The minimum absolute atomic E-state index is 0.177. The number of anilines is 1. The van der Waals surface area contributed by atoms with Crippen molar-refractivity contribution in [2.24, 2.45) is 0 Å². The Balaban J connectivity index is 2.34. The highest BCUT2D eigenvalue weighted by molar-refractivity contribution is 7.92. The molecule has 1 aromatic rings. The van der Waals surface area contributed by atoms with E-state index in [4.69, 9.17) is 16.3 Å². The first-order chi connectivity index (χ1) is 11.7. The molecule has 1 aliphatic rings. The number of benzene rings is 1. The highest BCUT2D eigenvalue weighted by atomic mass is 35.5. The van der Waals surface area contributed by atoms with Gasteiger partial charge in [-0.25, -0.2) is 8.42 Å². The monoisotopic (exact) mass is 388 g/mol. The zero-order valence-electron chi connectivity index (χ0n) is 15.0. The van der Waals surface area contributed by atoms with Gasteiger partial charge in [0.2, 0.25) is 15.9 Å². The Kier molecular flexibility index (Phi) is 6.21. The first kappa shape index (κ1) is 19.8. The lowest BCUT2D eigenvalue weighted by molar-refractivity contribution is -0.132. The summed E-state index contributed by atoms with van der Waals surface area (Å²) >= 11 is 6.13. The van der Waals surface area contributed by atoms with E-state index in [0.717, 1.165) is 36.2 Å².